The van der Waals surface area contributed by atoms with Gasteiger partial charge in [-0.25, -0.2) is 13.4 Å². The van der Waals surface area contributed by atoms with Crippen molar-refractivity contribution in [2.75, 3.05) is 6.26 Å². The molecule has 4 nitrogen and oxygen atoms in total. The van der Waals surface area contributed by atoms with E-state index in [9.17, 15) is 8.42 Å². The summed E-state index contributed by atoms with van der Waals surface area (Å²) >= 11 is 5.97. The van der Waals surface area contributed by atoms with E-state index in [0.717, 1.165) is 29.2 Å². The van der Waals surface area contributed by atoms with Gasteiger partial charge in [-0.1, -0.05) is 18.5 Å². The van der Waals surface area contributed by atoms with Crippen molar-refractivity contribution in [3.63, 3.8) is 0 Å². The van der Waals surface area contributed by atoms with E-state index in [2.05, 4.69) is 4.98 Å². The van der Waals surface area contributed by atoms with Crippen LogP contribution in [0.25, 0.3) is 17.1 Å². The highest BCUT2D eigenvalue weighted by Crippen LogP contribution is 2.25. The van der Waals surface area contributed by atoms with E-state index in [1.54, 1.807) is 24.3 Å². The van der Waals surface area contributed by atoms with Crippen molar-refractivity contribution in [3.05, 3.63) is 65.4 Å². The first-order chi connectivity index (χ1) is 11.4. The molecule has 1 heterocycles. The number of sulfone groups is 1. The Bertz CT molecular complexity index is 959. The Balaban J connectivity index is 2.10. The quantitative estimate of drug-likeness (QED) is 0.702. The molecule has 0 radical (unpaired) electrons. The van der Waals surface area contributed by atoms with Gasteiger partial charge in [0.25, 0.3) is 0 Å². The van der Waals surface area contributed by atoms with Crippen LogP contribution in [0.1, 0.15) is 12.6 Å². The van der Waals surface area contributed by atoms with Crippen molar-refractivity contribution >= 4 is 21.4 Å². The molecule has 124 valence electrons. The molecule has 0 aliphatic carbocycles. The second kappa shape index (κ2) is 6.42. The smallest absolute Gasteiger partial charge is 0.175 e. The molecule has 0 aliphatic heterocycles. The highest BCUT2D eigenvalue weighted by Gasteiger charge is 2.13. The van der Waals surface area contributed by atoms with Crippen molar-refractivity contribution in [1.82, 2.24) is 9.55 Å². The third-order valence-electron chi connectivity index (χ3n) is 3.76. The summed E-state index contributed by atoms with van der Waals surface area (Å²) in [6, 6.07) is 14.3. The fraction of sp³-hybridized carbons (Fsp3) is 0.167. The predicted molar refractivity (Wildman–Crippen MR) is 96.5 cm³/mol. The number of aryl methyl sites for hydroxylation is 1. The number of rotatable bonds is 4. The molecule has 0 spiro atoms. The Kier molecular flexibility index (Phi) is 4.47. The summed E-state index contributed by atoms with van der Waals surface area (Å²) in [4.78, 5) is 4.97. The lowest BCUT2D eigenvalue weighted by Crippen LogP contribution is -1.98. The Morgan fingerprint density at radius 3 is 2.21 bits per heavy atom. The van der Waals surface area contributed by atoms with Crippen LogP contribution in [0.5, 0.6) is 0 Å². The van der Waals surface area contributed by atoms with Gasteiger partial charge in [-0.15, -0.1) is 0 Å². The van der Waals surface area contributed by atoms with E-state index < -0.39 is 9.84 Å². The summed E-state index contributed by atoms with van der Waals surface area (Å²) in [6.07, 6.45) is 4.00. The van der Waals surface area contributed by atoms with Crippen LogP contribution >= 0.6 is 11.6 Å². The first kappa shape index (κ1) is 16.7. The van der Waals surface area contributed by atoms with Crippen LogP contribution < -0.4 is 0 Å². The summed E-state index contributed by atoms with van der Waals surface area (Å²) in [6.45, 7) is 2.05. The molecule has 0 saturated heterocycles. The zero-order chi connectivity index (χ0) is 17.3. The van der Waals surface area contributed by atoms with Crippen LogP contribution in [0.3, 0.4) is 0 Å². The molecular weight excluding hydrogens is 344 g/mol. The Labute approximate surface area is 146 Å². The second-order valence-corrected chi connectivity index (χ2v) is 8.00. The van der Waals surface area contributed by atoms with Crippen molar-refractivity contribution < 1.29 is 8.42 Å². The van der Waals surface area contributed by atoms with Crippen LogP contribution in [0.15, 0.2) is 59.6 Å². The Morgan fingerprint density at radius 2 is 1.67 bits per heavy atom. The number of imidazole rings is 1. The molecule has 3 rings (SSSR count). The summed E-state index contributed by atoms with van der Waals surface area (Å²) in [5.41, 5.74) is 2.78. The first-order valence-corrected chi connectivity index (χ1v) is 9.80. The molecule has 0 atom stereocenters. The molecule has 0 saturated carbocycles. The molecule has 0 amide bonds. The zero-order valence-electron chi connectivity index (χ0n) is 13.4. The van der Waals surface area contributed by atoms with E-state index in [-0.39, 0.29) is 0 Å². The minimum Gasteiger partial charge on any atom is -0.300 e. The number of hydrogen-bond acceptors (Lipinski definition) is 3. The molecule has 0 fully saturated rings. The summed E-state index contributed by atoms with van der Waals surface area (Å²) in [5, 5.41) is 0.675. The topological polar surface area (TPSA) is 52.0 Å². The molecular formula is C18H17ClN2O2S. The molecule has 0 aliphatic rings. The van der Waals surface area contributed by atoms with Crippen molar-refractivity contribution in [1.29, 1.82) is 0 Å². The number of benzene rings is 2. The van der Waals surface area contributed by atoms with Gasteiger partial charge in [0.15, 0.2) is 9.84 Å². The lowest BCUT2D eigenvalue weighted by atomic mass is 10.2. The summed E-state index contributed by atoms with van der Waals surface area (Å²) < 4.78 is 25.2. The van der Waals surface area contributed by atoms with Gasteiger partial charge in [0.05, 0.1) is 10.6 Å². The molecule has 2 aromatic carbocycles. The van der Waals surface area contributed by atoms with Gasteiger partial charge < -0.3 is 0 Å². The van der Waals surface area contributed by atoms with E-state index in [1.165, 1.54) is 6.26 Å². The monoisotopic (exact) mass is 360 g/mol. The largest absolute Gasteiger partial charge is 0.300 e. The van der Waals surface area contributed by atoms with Crippen LogP contribution in [0, 0.1) is 0 Å². The Hall–Kier alpha value is -2.11. The zero-order valence-corrected chi connectivity index (χ0v) is 15.0. The van der Waals surface area contributed by atoms with Crippen LogP contribution in [0.4, 0.5) is 0 Å². The van der Waals surface area contributed by atoms with Crippen LogP contribution in [-0.4, -0.2) is 24.2 Å². The molecule has 0 bridgehead atoms. The van der Waals surface area contributed by atoms with Gasteiger partial charge in [-0.05, 0) is 55.0 Å². The van der Waals surface area contributed by atoms with Crippen LogP contribution in [-0.2, 0) is 16.3 Å². The van der Waals surface area contributed by atoms with E-state index in [0.29, 0.717) is 9.92 Å². The lowest BCUT2D eigenvalue weighted by molar-refractivity contribution is 0.602. The molecule has 0 N–H and O–H groups in total. The minimum atomic E-state index is -3.21. The highest BCUT2D eigenvalue weighted by molar-refractivity contribution is 7.90. The SMILES string of the molecule is CCc1cn(-c2ccc(Cl)cc2)c(-c2ccc(S(C)(=O)=O)cc2)n1. The van der Waals surface area contributed by atoms with Crippen LogP contribution in [0.2, 0.25) is 5.02 Å². The van der Waals surface area contributed by atoms with Crippen molar-refractivity contribution in [3.8, 4) is 17.1 Å². The number of halogens is 1. The number of nitrogens with zero attached hydrogens (tertiary/aromatic N) is 2. The molecule has 0 unspecified atom stereocenters. The maximum Gasteiger partial charge on any atom is 0.175 e. The third kappa shape index (κ3) is 3.37. The normalized spacial score (nSPS) is 11.6. The summed E-state index contributed by atoms with van der Waals surface area (Å²) in [5.74, 6) is 0.772. The lowest BCUT2D eigenvalue weighted by Gasteiger charge is -2.08. The first-order valence-electron chi connectivity index (χ1n) is 7.53. The van der Waals surface area contributed by atoms with E-state index in [4.69, 9.17) is 11.6 Å². The van der Waals surface area contributed by atoms with Gasteiger partial charge in [-0.2, -0.15) is 0 Å². The van der Waals surface area contributed by atoms with Gasteiger partial charge in [-0.3, -0.25) is 4.57 Å². The highest BCUT2D eigenvalue weighted by atomic mass is 35.5. The Morgan fingerprint density at radius 1 is 1.04 bits per heavy atom. The third-order valence-corrected chi connectivity index (χ3v) is 5.14. The maximum atomic E-state index is 11.6. The van der Waals surface area contributed by atoms with Gasteiger partial charge in [0.2, 0.25) is 0 Å². The summed E-state index contributed by atoms with van der Waals surface area (Å²) in [7, 11) is -3.21. The van der Waals surface area contributed by atoms with Gasteiger partial charge >= 0.3 is 0 Å². The standard InChI is InChI=1S/C18H17ClN2O2S/c1-3-15-12-21(16-8-6-14(19)7-9-16)18(20-15)13-4-10-17(11-5-13)24(2,22)23/h4-12H,3H2,1-2H3. The van der Waals surface area contributed by atoms with Crippen molar-refractivity contribution in [2.45, 2.75) is 18.2 Å². The van der Waals surface area contributed by atoms with E-state index >= 15 is 0 Å². The number of aromatic nitrogens is 2. The molecule has 6 heteroatoms. The fourth-order valence-electron chi connectivity index (χ4n) is 2.45. The maximum absolute atomic E-state index is 11.6. The minimum absolute atomic E-state index is 0.298. The average Bonchev–Trinajstić information content (AvgIpc) is 2.99. The van der Waals surface area contributed by atoms with Crippen molar-refractivity contribution in [2.24, 2.45) is 0 Å². The van der Waals surface area contributed by atoms with Gasteiger partial charge in [0, 0.05) is 28.7 Å². The predicted octanol–water partition coefficient (Wildman–Crippen LogP) is 4.16. The number of hydrogen-bond donors (Lipinski definition) is 0. The second-order valence-electron chi connectivity index (χ2n) is 5.55. The fourth-order valence-corrected chi connectivity index (χ4v) is 3.21. The molecule has 1 aromatic heterocycles. The molecule has 3 aromatic rings. The van der Waals surface area contributed by atoms with Gasteiger partial charge in [0.1, 0.15) is 5.82 Å². The molecule has 24 heavy (non-hydrogen) atoms. The van der Waals surface area contributed by atoms with E-state index in [1.807, 2.05) is 42.0 Å². The average molecular weight is 361 g/mol.